The summed E-state index contributed by atoms with van der Waals surface area (Å²) >= 11 is 6.19. The molecule has 1 N–H and O–H groups in total. The Morgan fingerprint density at radius 1 is 1.29 bits per heavy atom. The minimum absolute atomic E-state index is 0.253. The number of fused-ring (bicyclic) bond motifs is 1. The van der Waals surface area contributed by atoms with Gasteiger partial charge >= 0.3 is 0 Å². The van der Waals surface area contributed by atoms with E-state index in [2.05, 4.69) is 38.2 Å². The van der Waals surface area contributed by atoms with Gasteiger partial charge in [-0.05, 0) is 44.1 Å². The second-order valence-electron chi connectivity index (χ2n) is 6.19. The Balaban J connectivity index is 1.89. The van der Waals surface area contributed by atoms with E-state index in [1.54, 1.807) is 0 Å². The number of rotatable bonds is 7. The zero-order valence-corrected chi connectivity index (χ0v) is 14.0. The van der Waals surface area contributed by atoms with Crippen molar-refractivity contribution in [2.45, 2.75) is 32.9 Å². The van der Waals surface area contributed by atoms with E-state index in [1.165, 1.54) is 6.42 Å². The smallest absolute Gasteiger partial charge is 0.231 e. The van der Waals surface area contributed by atoms with Crippen LogP contribution in [0.5, 0.6) is 11.5 Å². The van der Waals surface area contributed by atoms with Gasteiger partial charge in [0.05, 0.1) is 5.02 Å². The number of likely N-dealkylation sites (N-methyl/N-ethyl adjacent to an activating group) is 1. The van der Waals surface area contributed by atoms with Gasteiger partial charge in [-0.3, -0.25) is 0 Å². The second kappa shape index (κ2) is 7.34. The average molecular weight is 313 g/mol. The van der Waals surface area contributed by atoms with Crippen LogP contribution in [-0.2, 0) is 6.54 Å². The first-order chi connectivity index (χ1) is 9.97. The molecule has 1 atom stereocenters. The number of halogens is 1. The lowest BCUT2D eigenvalue weighted by molar-refractivity contribution is 0.174. The molecule has 1 aromatic rings. The fraction of sp³-hybridized carbons (Fsp3) is 0.625. The topological polar surface area (TPSA) is 33.7 Å². The number of benzene rings is 1. The van der Waals surface area contributed by atoms with E-state index in [0.29, 0.717) is 22.7 Å². The third-order valence-electron chi connectivity index (χ3n) is 3.67. The van der Waals surface area contributed by atoms with Crippen molar-refractivity contribution >= 4 is 11.6 Å². The molecule has 0 radical (unpaired) electrons. The fourth-order valence-electron chi connectivity index (χ4n) is 2.53. The van der Waals surface area contributed by atoms with E-state index in [-0.39, 0.29) is 6.79 Å². The summed E-state index contributed by atoms with van der Waals surface area (Å²) in [7, 11) is 4.26. The van der Waals surface area contributed by atoms with E-state index >= 15 is 0 Å². The zero-order chi connectivity index (χ0) is 15.4. The van der Waals surface area contributed by atoms with Gasteiger partial charge in [-0.15, -0.1) is 0 Å². The molecule has 2 rings (SSSR count). The SMILES string of the molecule is CC(C)CC(CNCc1cc(Cl)c2c(c1)OCO2)N(C)C. The van der Waals surface area contributed by atoms with E-state index in [0.717, 1.165) is 24.4 Å². The predicted octanol–water partition coefficient (Wildman–Crippen LogP) is 3.13. The molecule has 1 aliphatic rings. The minimum atomic E-state index is 0.253. The molecule has 1 unspecified atom stereocenters. The maximum Gasteiger partial charge on any atom is 0.231 e. The highest BCUT2D eigenvalue weighted by Crippen LogP contribution is 2.39. The van der Waals surface area contributed by atoms with Gasteiger partial charge in [0.1, 0.15) is 0 Å². The van der Waals surface area contributed by atoms with Crippen molar-refractivity contribution in [3.63, 3.8) is 0 Å². The molecular formula is C16H25ClN2O2. The van der Waals surface area contributed by atoms with Crippen LogP contribution in [0.25, 0.3) is 0 Å². The van der Waals surface area contributed by atoms with Crippen LogP contribution in [0.3, 0.4) is 0 Å². The van der Waals surface area contributed by atoms with Crippen molar-refractivity contribution in [2.24, 2.45) is 5.92 Å². The molecular weight excluding hydrogens is 288 g/mol. The Morgan fingerprint density at radius 3 is 2.71 bits per heavy atom. The number of ether oxygens (including phenoxy) is 2. The molecule has 0 bridgehead atoms. The van der Waals surface area contributed by atoms with Crippen molar-refractivity contribution in [3.8, 4) is 11.5 Å². The van der Waals surface area contributed by atoms with Crippen LogP contribution < -0.4 is 14.8 Å². The van der Waals surface area contributed by atoms with Crippen molar-refractivity contribution in [2.75, 3.05) is 27.4 Å². The molecule has 0 saturated carbocycles. The molecule has 4 nitrogen and oxygen atoms in total. The summed E-state index contributed by atoms with van der Waals surface area (Å²) in [5, 5.41) is 4.13. The quantitative estimate of drug-likeness (QED) is 0.838. The van der Waals surface area contributed by atoms with Crippen LogP contribution in [0.4, 0.5) is 0 Å². The maximum absolute atomic E-state index is 6.19. The molecule has 1 aliphatic heterocycles. The molecule has 0 saturated heterocycles. The number of nitrogens with zero attached hydrogens (tertiary/aromatic N) is 1. The summed E-state index contributed by atoms with van der Waals surface area (Å²) < 4.78 is 10.7. The van der Waals surface area contributed by atoms with Crippen molar-refractivity contribution in [1.82, 2.24) is 10.2 Å². The molecule has 0 aliphatic carbocycles. The van der Waals surface area contributed by atoms with Crippen LogP contribution in [0.1, 0.15) is 25.8 Å². The van der Waals surface area contributed by atoms with Gasteiger partial charge in [0.2, 0.25) is 6.79 Å². The first-order valence-electron chi connectivity index (χ1n) is 7.42. The van der Waals surface area contributed by atoms with Crippen molar-refractivity contribution in [3.05, 3.63) is 22.7 Å². The predicted molar refractivity (Wildman–Crippen MR) is 86.2 cm³/mol. The highest BCUT2D eigenvalue weighted by molar-refractivity contribution is 6.32. The molecule has 1 aromatic carbocycles. The first-order valence-corrected chi connectivity index (χ1v) is 7.80. The Kier molecular flexibility index (Phi) is 5.73. The second-order valence-corrected chi connectivity index (χ2v) is 6.60. The number of nitrogens with one attached hydrogen (secondary N) is 1. The summed E-state index contributed by atoms with van der Waals surface area (Å²) in [5.41, 5.74) is 1.12. The van der Waals surface area contributed by atoms with Gasteiger partial charge in [0.15, 0.2) is 11.5 Å². The van der Waals surface area contributed by atoms with Crippen LogP contribution in [0.2, 0.25) is 5.02 Å². The Labute approximate surface area is 132 Å². The zero-order valence-electron chi connectivity index (χ0n) is 13.3. The van der Waals surface area contributed by atoms with E-state index in [4.69, 9.17) is 21.1 Å². The molecule has 5 heteroatoms. The third-order valence-corrected chi connectivity index (χ3v) is 3.95. The van der Waals surface area contributed by atoms with Crippen LogP contribution in [0.15, 0.2) is 12.1 Å². The summed E-state index contributed by atoms with van der Waals surface area (Å²) in [6.07, 6.45) is 1.18. The lowest BCUT2D eigenvalue weighted by Gasteiger charge is -2.26. The van der Waals surface area contributed by atoms with Crippen LogP contribution >= 0.6 is 11.6 Å². The first kappa shape index (κ1) is 16.4. The monoisotopic (exact) mass is 312 g/mol. The van der Waals surface area contributed by atoms with Gasteiger partial charge < -0.3 is 19.7 Å². The largest absolute Gasteiger partial charge is 0.454 e. The van der Waals surface area contributed by atoms with Gasteiger partial charge in [0.25, 0.3) is 0 Å². The Morgan fingerprint density at radius 2 is 2.05 bits per heavy atom. The van der Waals surface area contributed by atoms with Crippen LogP contribution in [-0.4, -0.2) is 38.4 Å². The molecule has 0 spiro atoms. The highest BCUT2D eigenvalue weighted by atomic mass is 35.5. The van der Waals surface area contributed by atoms with Gasteiger partial charge in [-0.25, -0.2) is 0 Å². The molecule has 0 aromatic heterocycles. The summed E-state index contributed by atoms with van der Waals surface area (Å²) in [5.74, 6) is 2.09. The standard InChI is InChI=1S/C16H25ClN2O2/c1-11(2)5-13(19(3)4)9-18-8-12-6-14(17)16-15(7-12)20-10-21-16/h6-7,11,13,18H,5,8-10H2,1-4H3. The lowest BCUT2D eigenvalue weighted by atomic mass is 10.0. The molecule has 21 heavy (non-hydrogen) atoms. The minimum Gasteiger partial charge on any atom is -0.454 e. The van der Waals surface area contributed by atoms with Crippen molar-refractivity contribution < 1.29 is 9.47 Å². The van der Waals surface area contributed by atoms with Crippen LogP contribution in [0, 0.1) is 5.92 Å². The molecule has 118 valence electrons. The molecule has 1 heterocycles. The van der Waals surface area contributed by atoms with Gasteiger partial charge in [-0.2, -0.15) is 0 Å². The van der Waals surface area contributed by atoms with Gasteiger partial charge in [-0.1, -0.05) is 25.4 Å². The normalized spacial score (nSPS) is 15.0. The summed E-state index contributed by atoms with van der Waals surface area (Å²) in [6, 6.07) is 4.47. The number of hydrogen-bond acceptors (Lipinski definition) is 4. The van der Waals surface area contributed by atoms with E-state index in [9.17, 15) is 0 Å². The summed E-state index contributed by atoms with van der Waals surface area (Å²) in [6.45, 7) is 6.50. The Bertz CT molecular complexity index is 478. The third kappa shape index (κ3) is 4.50. The van der Waals surface area contributed by atoms with E-state index in [1.807, 2.05) is 12.1 Å². The molecule has 0 fully saturated rings. The number of hydrogen-bond donors (Lipinski definition) is 1. The highest BCUT2D eigenvalue weighted by Gasteiger charge is 2.18. The lowest BCUT2D eigenvalue weighted by Crippen LogP contribution is -2.38. The average Bonchev–Trinajstić information content (AvgIpc) is 2.85. The summed E-state index contributed by atoms with van der Waals surface area (Å²) in [4.78, 5) is 2.28. The van der Waals surface area contributed by atoms with Gasteiger partial charge in [0, 0.05) is 19.1 Å². The fourth-order valence-corrected chi connectivity index (χ4v) is 2.81. The molecule has 0 amide bonds. The maximum atomic E-state index is 6.19. The van der Waals surface area contributed by atoms with E-state index < -0.39 is 0 Å². The van der Waals surface area contributed by atoms with Crippen molar-refractivity contribution in [1.29, 1.82) is 0 Å². The Hall–Kier alpha value is -0.970.